The van der Waals surface area contributed by atoms with Crippen molar-refractivity contribution >= 4 is 0 Å². The first-order valence-corrected chi connectivity index (χ1v) is 7.51. The van der Waals surface area contributed by atoms with E-state index >= 15 is 0 Å². The molecule has 0 saturated carbocycles. The summed E-state index contributed by atoms with van der Waals surface area (Å²) in [5.74, 6) is 0. The Balaban J connectivity index is 1.86. The fraction of sp³-hybridized carbons (Fsp3) is 1.00. The zero-order chi connectivity index (χ0) is 13.0. The largest absolute Gasteiger partial charge is 0.380 e. The summed E-state index contributed by atoms with van der Waals surface area (Å²) in [6, 6.07) is 1.88. The molecule has 1 N–H and O–H groups in total. The van der Waals surface area contributed by atoms with Gasteiger partial charge in [0.2, 0.25) is 0 Å². The fourth-order valence-corrected chi connectivity index (χ4v) is 3.17. The molecular formula is C14H29N3O. The predicted molar refractivity (Wildman–Crippen MR) is 75.0 cm³/mol. The smallest absolute Gasteiger partial charge is 0.0637 e. The van der Waals surface area contributed by atoms with Crippen molar-refractivity contribution in [2.45, 2.75) is 45.3 Å². The summed E-state index contributed by atoms with van der Waals surface area (Å²) in [7, 11) is 0. The van der Waals surface area contributed by atoms with Crippen LogP contribution in [-0.2, 0) is 4.74 Å². The van der Waals surface area contributed by atoms with E-state index in [1.165, 1.54) is 26.2 Å². The van der Waals surface area contributed by atoms with Gasteiger partial charge in [-0.25, -0.2) is 0 Å². The minimum absolute atomic E-state index is 0.577. The second-order valence-electron chi connectivity index (χ2n) is 5.76. The molecule has 0 amide bonds. The van der Waals surface area contributed by atoms with Crippen LogP contribution in [0.1, 0.15) is 27.2 Å². The molecule has 2 aliphatic heterocycles. The molecule has 0 bridgehead atoms. The number of rotatable bonds is 4. The molecule has 2 rings (SSSR count). The van der Waals surface area contributed by atoms with Gasteiger partial charge in [-0.2, -0.15) is 0 Å². The molecule has 0 aromatic carbocycles. The fourth-order valence-electron chi connectivity index (χ4n) is 3.17. The van der Waals surface area contributed by atoms with E-state index in [1.54, 1.807) is 0 Å². The number of nitrogens with one attached hydrogen (secondary N) is 1. The van der Waals surface area contributed by atoms with E-state index in [0.29, 0.717) is 18.1 Å². The highest BCUT2D eigenvalue weighted by molar-refractivity contribution is 4.89. The van der Waals surface area contributed by atoms with Crippen LogP contribution in [0.4, 0.5) is 0 Å². The summed E-state index contributed by atoms with van der Waals surface area (Å²) in [4.78, 5) is 5.20. The number of piperazine rings is 1. The molecule has 0 aromatic rings. The van der Waals surface area contributed by atoms with Gasteiger partial charge in [-0.05, 0) is 26.8 Å². The normalized spacial score (nSPS) is 32.0. The van der Waals surface area contributed by atoms with Gasteiger partial charge in [0.05, 0.1) is 6.61 Å². The average Bonchev–Trinajstić information content (AvgIpc) is 2.40. The molecule has 4 nitrogen and oxygen atoms in total. The van der Waals surface area contributed by atoms with Gasteiger partial charge in [0.15, 0.2) is 0 Å². The molecule has 2 atom stereocenters. The van der Waals surface area contributed by atoms with Gasteiger partial charge in [0.25, 0.3) is 0 Å². The van der Waals surface area contributed by atoms with Crippen LogP contribution in [-0.4, -0.2) is 73.9 Å². The zero-order valence-corrected chi connectivity index (χ0v) is 12.2. The topological polar surface area (TPSA) is 27.7 Å². The minimum atomic E-state index is 0.577. The highest BCUT2D eigenvalue weighted by Gasteiger charge is 2.32. The van der Waals surface area contributed by atoms with Gasteiger partial charge < -0.3 is 10.1 Å². The third-order valence-corrected chi connectivity index (χ3v) is 4.34. The average molecular weight is 255 g/mol. The van der Waals surface area contributed by atoms with Crippen molar-refractivity contribution in [1.29, 1.82) is 0 Å². The van der Waals surface area contributed by atoms with Crippen molar-refractivity contribution in [2.75, 3.05) is 45.9 Å². The van der Waals surface area contributed by atoms with Crippen molar-refractivity contribution < 1.29 is 4.74 Å². The van der Waals surface area contributed by atoms with Crippen molar-refractivity contribution in [3.8, 4) is 0 Å². The molecule has 0 radical (unpaired) electrons. The monoisotopic (exact) mass is 255 g/mol. The van der Waals surface area contributed by atoms with Crippen LogP contribution in [0.25, 0.3) is 0 Å². The Morgan fingerprint density at radius 2 is 1.94 bits per heavy atom. The first kappa shape index (κ1) is 14.3. The van der Waals surface area contributed by atoms with Crippen LogP contribution < -0.4 is 5.32 Å². The van der Waals surface area contributed by atoms with Gasteiger partial charge in [-0.15, -0.1) is 0 Å². The standard InChI is InChI=1S/C14H29N3O/c1-4-15-13-5-10-18-11-14(13)17-8-6-16(7-9-17)12(2)3/h12-15H,4-11H2,1-3H3. The van der Waals surface area contributed by atoms with Gasteiger partial charge in [0, 0.05) is 50.9 Å². The van der Waals surface area contributed by atoms with Crippen molar-refractivity contribution in [1.82, 2.24) is 15.1 Å². The molecule has 2 unspecified atom stereocenters. The van der Waals surface area contributed by atoms with E-state index in [-0.39, 0.29) is 0 Å². The molecule has 2 saturated heterocycles. The molecule has 0 spiro atoms. The van der Waals surface area contributed by atoms with Crippen LogP contribution >= 0.6 is 0 Å². The third-order valence-electron chi connectivity index (χ3n) is 4.34. The summed E-state index contributed by atoms with van der Waals surface area (Å²) in [5, 5.41) is 3.63. The Morgan fingerprint density at radius 3 is 2.56 bits per heavy atom. The summed E-state index contributed by atoms with van der Waals surface area (Å²) >= 11 is 0. The zero-order valence-electron chi connectivity index (χ0n) is 12.2. The summed E-state index contributed by atoms with van der Waals surface area (Å²) in [6.07, 6.45) is 1.16. The quantitative estimate of drug-likeness (QED) is 0.803. The summed E-state index contributed by atoms with van der Waals surface area (Å²) < 4.78 is 5.69. The first-order chi connectivity index (χ1) is 8.72. The van der Waals surface area contributed by atoms with Crippen LogP contribution in [0, 0.1) is 0 Å². The SMILES string of the molecule is CCNC1CCOCC1N1CCN(C(C)C)CC1. The van der Waals surface area contributed by atoms with Crippen molar-refractivity contribution in [3.05, 3.63) is 0 Å². The maximum absolute atomic E-state index is 5.69. The maximum Gasteiger partial charge on any atom is 0.0637 e. The van der Waals surface area contributed by atoms with Gasteiger partial charge in [0.1, 0.15) is 0 Å². The van der Waals surface area contributed by atoms with E-state index in [0.717, 1.165) is 26.2 Å². The molecule has 0 aliphatic carbocycles. The van der Waals surface area contributed by atoms with E-state index in [9.17, 15) is 0 Å². The molecule has 2 aliphatic rings. The molecule has 18 heavy (non-hydrogen) atoms. The lowest BCUT2D eigenvalue weighted by atomic mass is 10.0. The van der Waals surface area contributed by atoms with Crippen LogP contribution in [0.2, 0.25) is 0 Å². The van der Waals surface area contributed by atoms with E-state index in [4.69, 9.17) is 4.74 Å². The Morgan fingerprint density at radius 1 is 1.22 bits per heavy atom. The number of likely N-dealkylation sites (N-methyl/N-ethyl adjacent to an activating group) is 1. The van der Waals surface area contributed by atoms with E-state index in [2.05, 4.69) is 35.9 Å². The van der Waals surface area contributed by atoms with E-state index in [1.807, 2.05) is 0 Å². The van der Waals surface area contributed by atoms with E-state index < -0.39 is 0 Å². The van der Waals surface area contributed by atoms with Crippen molar-refractivity contribution in [3.63, 3.8) is 0 Å². The van der Waals surface area contributed by atoms with Crippen LogP contribution in [0.15, 0.2) is 0 Å². The van der Waals surface area contributed by atoms with Gasteiger partial charge >= 0.3 is 0 Å². The molecule has 4 heteroatoms. The lowest BCUT2D eigenvalue weighted by Gasteiger charge is -2.45. The number of nitrogens with zero attached hydrogens (tertiary/aromatic N) is 2. The lowest BCUT2D eigenvalue weighted by Crippen LogP contribution is -2.60. The number of hydrogen-bond donors (Lipinski definition) is 1. The third kappa shape index (κ3) is 3.44. The Labute approximate surface area is 112 Å². The molecule has 0 aromatic heterocycles. The van der Waals surface area contributed by atoms with Crippen LogP contribution in [0.3, 0.4) is 0 Å². The highest BCUT2D eigenvalue weighted by atomic mass is 16.5. The molecule has 106 valence electrons. The van der Waals surface area contributed by atoms with Gasteiger partial charge in [-0.1, -0.05) is 6.92 Å². The maximum atomic E-state index is 5.69. The Hall–Kier alpha value is -0.160. The summed E-state index contributed by atoms with van der Waals surface area (Å²) in [5.41, 5.74) is 0. The van der Waals surface area contributed by atoms with Gasteiger partial charge in [-0.3, -0.25) is 9.80 Å². The Kier molecular flexibility index (Phi) is 5.42. The van der Waals surface area contributed by atoms with Crippen LogP contribution in [0.5, 0.6) is 0 Å². The molecular weight excluding hydrogens is 226 g/mol. The number of hydrogen-bond acceptors (Lipinski definition) is 4. The summed E-state index contributed by atoms with van der Waals surface area (Å²) in [6.45, 7) is 14.4. The minimum Gasteiger partial charge on any atom is -0.380 e. The van der Waals surface area contributed by atoms with Crippen molar-refractivity contribution in [2.24, 2.45) is 0 Å². The Bertz CT molecular complexity index is 237. The lowest BCUT2D eigenvalue weighted by molar-refractivity contribution is -0.0230. The molecule has 2 fully saturated rings. The second-order valence-corrected chi connectivity index (χ2v) is 5.76. The second kappa shape index (κ2) is 6.85. The number of ether oxygens (including phenoxy) is 1. The molecule has 2 heterocycles. The highest BCUT2D eigenvalue weighted by Crippen LogP contribution is 2.17. The first-order valence-electron chi connectivity index (χ1n) is 7.51. The predicted octanol–water partition coefficient (Wildman–Crippen LogP) is 0.779.